The van der Waals surface area contributed by atoms with Crippen LogP contribution in [-0.2, 0) is 0 Å². The molecule has 1 unspecified atom stereocenters. The molecule has 0 amide bonds. The number of rotatable bonds is 5. The number of nitrogens with zero attached hydrogens (tertiary/aromatic N) is 1. The van der Waals surface area contributed by atoms with E-state index in [2.05, 4.69) is 54.8 Å². The van der Waals surface area contributed by atoms with Gasteiger partial charge in [-0.25, -0.2) is 0 Å². The van der Waals surface area contributed by atoms with E-state index in [1.165, 1.54) is 10.3 Å². The topological polar surface area (TPSA) is 24.9 Å². The van der Waals surface area contributed by atoms with E-state index < -0.39 is 0 Å². The summed E-state index contributed by atoms with van der Waals surface area (Å²) < 4.78 is 1.54. The molecule has 0 aliphatic rings. The normalized spacial score (nSPS) is 14.0. The SMILES string of the molecule is CSC(C)(C)CNC(C)c1cnc2ccsc2c1. The summed E-state index contributed by atoms with van der Waals surface area (Å²) >= 11 is 3.64. The summed E-state index contributed by atoms with van der Waals surface area (Å²) in [5.74, 6) is 0. The molecule has 0 aliphatic carbocycles. The summed E-state index contributed by atoms with van der Waals surface area (Å²) in [6, 6.07) is 4.66. The van der Waals surface area contributed by atoms with E-state index >= 15 is 0 Å². The van der Waals surface area contributed by atoms with Gasteiger partial charge in [0.2, 0.25) is 0 Å². The first-order chi connectivity index (χ1) is 8.52. The number of aromatic nitrogens is 1. The van der Waals surface area contributed by atoms with Gasteiger partial charge in [-0.3, -0.25) is 4.98 Å². The summed E-state index contributed by atoms with van der Waals surface area (Å²) in [5, 5.41) is 5.68. The highest BCUT2D eigenvalue weighted by atomic mass is 32.2. The fraction of sp³-hybridized carbons (Fsp3) is 0.500. The van der Waals surface area contributed by atoms with E-state index in [0.29, 0.717) is 6.04 Å². The van der Waals surface area contributed by atoms with Crippen LogP contribution in [0.25, 0.3) is 10.2 Å². The molecule has 98 valence electrons. The van der Waals surface area contributed by atoms with Gasteiger partial charge in [-0.05, 0) is 50.1 Å². The Balaban J connectivity index is 2.06. The van der Waals surface area contributed by atoms with Crippen molar-refractivity contribution in [2.75, 3.05) is 12.8 Å². The number of fused-ring (bicyclic) bond motifs is 1. The molecule has 0 saturated heterocycles. The minimum Gasteiger partial charge on any atom is -0.309 e. The van der Waals surface area contributed by atoms with Crippen LogP contribution in [0.15, 0.2) is 23.7 Å². The lowest BCUT2D eigenvalue weighted by Gasteiger charge is -2.25. The number of thioether (sulfide) groups is 1. The van der Waals surface area contributed by atoms with E-state index in [9.17, 15) is 0 Å². The Morgan fingerprint density at radius 2 is 2.28 bits per heavy atom. The summed E-state index contributed by atoms with van der Waals surface area (Å²) in [5.41, 5.74) is 2.36. The van der Waals surface area contributed by atoms with Crippen molar-refractivity contribution in [1.82, 2.24) is 10.3 Å². The van der Waals surface area contributed by atoms with Gasteiger partial charge >= 0.3 is 0 Å². The highest BCUT2D eigenvalue weighted by Crippen LogP contribution is 2.24. The molecule has 4 heteroatoms. The number of thiophene rings is 1. The lowest BCUT2D eigenvalue weighted by atomic mass is 10.1. The molecule has 2 nitrogen and oxygen atoms in total. The summed E-state index contributed by atoms with van der Waals surface area (Å²) in [4.78, 5) is 4.49. The van der Waals surface area contributed by atoms with E-state index in [1.54, 1.807) is 11.3 Å². The molecule has 0 spiro atoms. The van der Waals surface area contributed by atoms with Crippen LogP contribution in [0.1, 0.15) is 32.4 Å². The van der Waals surface area contributed by atoms with Gasteiger partial charge in [0.05, 0.1) is 10.2 Å². The van der Waals surface area contributed by atoms with Crippen LogP contribution in [0.4, 0.5) is 0 Å². The number of hydrogen-bond donors (Lipinski definition) is 1. The highest BCUT2D eigenvalue weighted by Gasteiger charge is 2.17. The lowest BCUT2D eigenvalue weighted by Crippen LogP contribution is -2.33. The molecular formula is C14H20N2S2. The standard InChI is InChI=1S/C14H20N2S2/c1-10(16-9-14(2,3)17-4)11-7-13-12(15-8-11)5-6-18-13/h5-8,10,16H,9H2,1-4H3. The van der Waals surface area contributed by atoms with Crippen molar-refractivity contribution >= 4 is 33.3 Å². The van der Waals surface area contributed by atoms with Gasteiger partial charge in [0.25, 0.3) is 0 Å². The molecular weight excluding hydrogens is 260 g/mol. The molecule has 0 bridgehead atoms. The average molecular weight is 280 g/mol. The van der Waals surface area contributed by atoms with Crippen LogP contribution in [0.2, 0.25) is 0 Å². The van der Waals surface area contributed by atoms with Gasteiger partial charge in [0, 0.05) is 23.5 Å². The Labute approximate surface area is 117 Å². The summed E-state index contributed by atoms with van der Waals surface area (Å²) in [6.45, 7) is 7.72. The smallest absolute Gasteiger partial charge is 0.0809 e. The fourth-order valence-electron chi connectivity index (χ4n) is 1.69. The average Bonchev–Trinajstić information content (AvgIpc) is 2.83. The zero-order valence-corrected chi connectivity index (χ0v) is 13.0. The van der Waals surface area contributed by atoms with Crippen molar-refractivity contribution in [2.24, 2.45) is 0 Å². The summed E-state index contributed by atoms with van der Waals surface area (Å²) in [7, 11) is 0. The Kier molecular flexibility index (Phi) is 4.30. The van der Waals surface area contributed by atoms with Gasteiger partial charge in [0.15, 0.2) is 0 Å². The van der Waals surface area contributed by atoms with Gasteiger partial charge in [-0.15, -0.1) is 11.3 Å². The van der Waals surface area contributed by atoms with Crippen molar-refractivity contribution in [3.05, 3.63) is 29.3 Å². The van der Waals surface area contributed by atoms with Gasteiger partial charge in [0.1, 0.15) is 0 Å². The van der Waals surface area contributed by atoms with Crippen LogP contribution >= 0.6 is 23.1 Å². The van der Waals surface area contributed by atoms with E-state index in [0.717, 1.165) is 12.1 Å². The first-order valence-corrected chi connectivity index (χ1v) is 8.24. The molecule has 0 aliphatic heterocycles. The third kappa shape index (κ3) is 3.25. The Hall–Kier alpha value is -0.580. The monoisotopic (exact) mass is 280 g/mol. The number of nitrogens with one attached hydrogen (secondary N) is 1. The second-order valence-electron chi connectivity index (χ2n) is 5.14. The minimum atomic E-state index is 0.273. The van der Waals surface area contributed by atoms with Gasteiger partial charge < -0.3 is 5.32 Å². The Bertz CT molecular complexity index is 519. The molecule has 0 radical (unpaired) electrons. The van der Waals surface area contributed by atoms with E-state index in [1.807, 2.05) is 18.0 Å². The minimum absolute atomic E-state index is 0.273. The molecule has 2 heterocycles. The third-order valence-electron chi connectivity index (χ3n) is 3.21. The molecule has 2 aromatic rings. The van der Waals surface area contributed by atoms with Crippen LogP contribution in [-0.4, -0.2) is 22.5 Å². The second kappa shape index (κ2) is 5.59. The molecule has 0 saturated carbocycles. The molecule has 1 atom stereocenters. The van der Waals surface area contributed by atoms with E-state index in [4.69, 9.17) is 0 Å². The number of pyridine rings is 1. The molecule has 1 N–H and O–H groups in total. The summed E-state index contributed by atoms with van der Waals surface area (Å²) in [6.07, 6.45) is 4.14. The Morgan fingerprint density at radius 3 is 3.00 bits per heavy atom. The van der Waals surface area contributed by atoms with E-state index in [-0.39, 0.29) is 4.75 Å². The predicted molar refractivity (Wildman–Crippen MR) is 83.6 cm³/mol. The van der Waals surface area contributed by atoms with Crippen LogP contribution in [0.5, 0.6) is 0 Å². The lowest BCUT2D eigenvalue weighted by molar-refractivity contribution is 0.522. The van der Waals surface area contributed by atoms with Crippen molar-refractivity contribution < 1.29 is 0 Å². The van der Waals surface area contributed by atoms with Crippen LogP contribution < -0.4 is 5.32 Å². The maximum absolute atomic E-state index is 4.49. The molecule has 18 heavy (non-hydrogen) atoms. The number of hydrogen-bond acceptors (Lipinski definition) is 4. The maximum atomic E-state index is 4.49. The van der Waals surface area contributed by atoms with Crippen molar-refractivity contribution in [2.45, 2.75) is 31.6 Å². The van der Waals surface area contributed by atoms with Crippen molar-refractivity contribution in [1.29, 1.82) is 0 Å². The van der Waals surface area contributed by atoms with Gasteiger partial charge in [-0.2, -0.15) is 11.8 Å². The Morgan fingerprint density at radius 1 is 1.50 bits per heavy atom. The zero-order valence-electron chi connectivity index (χ0n) is 11.4. The molecule has 0 aromatic carbocycles. The third-order valence-corrected chi connectivity index (χ3v) is 5.31. The molecule has 2 aromatic heterocycles. The van der Waals surface area contributed by atoms with Crippen molar-refractivity contribution in [3.63, 3.8) is 0 Å². The van der Waals surface area contributed by atoms with Crippen LogP contribution in [0.3, 0.4) is 0 Å². The first-order valence-electron chi connectivity index (χ1n) is 6.13. The van der Waals surface area contributed by atoms with Crippen molar-refractivity contribution in [3.8, 4) is 0 Å². The molecule has 2 rings (SSSR count). The zero-order chi connectivity index (χ0) is 13.2. The first kappa shape index (κ1) is 13.8. The van der Waals surface area contributed by atoms with Crippen LogP contribution in [0, 0.1) is 0 Å². The second-order valence-corrected chi connectivity index (χ2v) is 7.60. The largest absolute Gasteiger partial charge is 0.309 e. The highest BCUT2D eigenvalue weighted by molar-refractivity contribution is 7.99. The van der Waals surface area contributed by atoms with Gasteiger partial charge in [-0.1, -0.05) is 0 Å². The maximum Gasteiger partial charge on any atom is 0.0809 e. The predicted octanol–water partition coefficient (Wildman–Crippen LogP) is 4.09. The fourth-order valence-corrected chi connectivity index (χ4v) is 2.70. The molecule has 0 fully saturated rings. The quantitative estimate of drug-likeness (QED) is 0.893.